The van der Waals surface area contributed by atoms with Gasteiger partial charge in [-0.3, -0.25) is 24.7 Å². The van der Waals surface area contributed by atoms with E-state index in [-0.39, 0.29) is 10.5 Å². The van der Waals surface area contributed by atoms with Gasteiger partial charge in [-0.2, -0.15) is 5.26 Å². The first-order valence-electron chi connectivity index (χ1n) is 10.5. The molecule has 0 fully saturated rings. The van der Waals surface area contributed by atoms with Gasteiger partial charge < -0.3 is 4.74 Å². The van der Waals surface area contributed by atoms with Crippen LogP contribution in [0.5, 0.6) is 5.75 Å². The van der Waals surface area contributed by atoms with Crippen molar-refractivity contribution in [3.63, 3.8) is 0 Å². The number of carbonyl (C=O) groups is 2. The molecule has 0 bridgehead atoms. The zero-order chi connectivity index (χ0) is 25.6. The molecule has 2 amide bonds. The van der Waals surface area contributed by atoms with Gasteiger partial charge in [0.2, 0.25) is 0 Å². The van der Waals surface area contributed by atoms with Crippen LogP contribution in [0.3, 0.4) is 0 Å². The zero-order valence-electron chi connectivity index (χ0n) is 19.3. The molecule has 0 saturated heterocycles. The highest BCUT2D eigenvalue weighted by Gasteiger charge is 2.23. The van der Waals surface area contributed by atoms with E-state index in [1.54, 1.807) is 48.5 Å². The first kappa shape index (κ1) is 25.3. The topological polar surface area (TPSA) is 129 Å². The number of nitrogens with zero attached hydrogens (tertiary/aromatic N) is 2. The molecule has 0 spiro atoms. The van der Waals surface area contributed by atoms with Crippen molar-refractivity contribution >= 4 is 27.5 Å². The quantitative estimate of drug-likeness (QED) is 0.488. The number of ether oxygens (including phenoxy) is 1. The summed E-state index contributed by atoms with van der Waals surface area (Å²) in [5.41, 5.74) is 6.50. The minimum atomic E-state index is -3.92. The van der Waals surface area contributed by atoms with Crippen LogP contribution in [-0.4, -0.2) is 33.4 Å². The molecule has 0 saturated carbocycles. The molecule has 0 radical (unpaired) electrons. The molecule has 10 heteroatoms. The third-order valence-corrected chi connectivity index (χ3v) is 6.90. The third-order valence-electron chi connectivity index (χ3n) is 5.12. The summed E-state index contributed by atoms with van der Waals surface area (Å²) in [4.78, 5) is 24.8. The van der Waals surface area contributed by atoms with Gasteiger partial charge in [-0.05, 0) is 68.4 Å². The van der Waals surface area contributed by atoms with E-state index in [1.807, 2.05) is 13.0 Å². The van der Waals surface area contributed by atoms with E-state index in [4.69, 9.17) is 10.00 Å². The van der Waals surface area contributed by atoms with Gasteiger partial charge in [0, 0.05) is 12.6 Å². The predicted molar refractivity (Wildman–Crippen MR) is 130 cm³/mol. The number of nitrogens with one attached hydrogen (secondary N) is 2. The molecule has 1 atom stereocenters. The summed E-state index contributed by atoms with van der Waals surface area (Å²) in [7, 11) is -2.49. The Kier molecular flexibility index (Phi) is 7.73. The standard InChI is InChI=1S/C25H24N4O5S/c1-17-7-11-21(12-8-17)29(3)35(32,33)23-6-4-5-20(15-23)25(31)28-27-24(30)18(2)34-22-13-9-19(16-26)10-14-22/h4-15,18H,1-3H3,(H,27,30)(H,28,31). The molecule has 3 aromatic rings. The van der Waals surface area contributed by atoms with E-state index in [0.717, 1.165) is 9.87 Å². The van der Waals surface area contributed by atoms with Gasteiger partial charge in [-0.25, -0.2) is 8.42 Å². The highest BCUT2D eigenvalue weighted by molar-refractivity contribution is 7.92. The van der Waals surface area contributed by atoms with Gasteiger partial charge >= 0.3 is 0 Å². The first-order valence-corrected chi connectivity index (χ1v) is 12.0. The second kappa shape index (κ2) is 10.7. The van der Waals surface area contributed by atoms with Gasteiger partial charge in [0.25, 0.3) is 21.8 Å². The van der Waals surface area contributed by atoms with E-state index < -0.39 is 27.9 Å². The maximum atomic E-state index is 13.1. The Morgan fingerprint density at radius 2 is 1.66 bits per heavy atom. The van der Waals surface area contributed by atoms with Crippen molar-refractivity contribution < 1.29 is 22.7 Å². The number of amides is 2. The van der Waals surface area contributed by atoms with Crippen molar-refractivity contribution in [2.24, 2.45) is 0 Å². The Morgan fingerprint density at radius 3 is 2.29 bits per heavy atom. The number of nitriles is 1. The normalized spacial score (nSPS) is 11.6. The van der Waals surface area contributed by atoms with Crippen LogP contribution < -0.4 is 19.9 Å². The van der Waals surface area contributed by atoms with Crippen molar-refractivity contribution in [3.8, 4) is 11.8 Å². The van der Waals surface area contributed by atoms with Crippen LogP contribution in [0.1, 0.15) is 28.4 Å². The van der Waals surface area contributed by atoms with E-state index in [9.17, 15) is 18.0 Å². The highest BCUT2D eigenvalue weighted by atomic mass is 32.2. The van der Waals surface area contributed by atoms with Crippen molar-refractivity contribution in [1.82, 2.24) is 10.9 Å². The fraction of sp³-hybridized carbons (Fsp3) is 0.160. The molecule has 3 rings (SSSR count). The Labute approximate surface area is 204 Å². The van der Waals surface area contributed by atoms with Crippen molar-refractivity contribution in [1.29, 1.82) is 5.26 Å². The third kappa shape index (κ3) is 6.16. The Bertz CT molecular complexity index is 1360. The van der Waals surface area contributed by atoms with Crippen LogP contribution >= 0.6 is 0 Å². The summed E-state index contributed by atoms with van der Waals surface area (Å²) < 4.78 is 32.7. The predicted octanol–water partition coefficient (Wildman–Crippen LogP) is 2.92. The number of hydrogen-bond acceptors (Lipinski definition) is 6. The molecule has 1 unspecified atom stereocenters. The summed E-state index contributed by atoms with van der Waals surface area (Å²) in [5, 5.41) is 8.83. The summed E-state index contributed by atoms with van der Waals surface area (Å²) >= 11 is 0. The lowest BCUT2D eigenvalue weighted by Gasteiger charge is -2.20. The van der Waals surface area contributed by atoms with E-state index >= 15 is 0 Å². The van der Waals surface area contributed by atoms with Gasteiger partial charge in [0.15, 0.2) is 6.10 Å². The van der Waals surface area contributed by atoms with Gasteiger partial charge in [0.05, 0.1) is 22.2 Å². The summed E-state index contributed by atoms with van der Waals surface area (Å²) in [6.45, 7) is 3.40. The first-order chi connectivity index (χ1) is 16.6. The summed E-state index contributed by atoms with van der Waals surface area (Å²) in [6.07, 6.45) is -0.946. The van der Waals surface area contributed by atoms with Gasteiger partial charge in [0.1, 0.15) is 5.75 Å². The number of benzene rings is 3. The van der Waals surface area contributed by atoms with Crippen molar-refractivity contribution in [3.05, 3.63) is 89.5 Å². The maximum Gasteiger partial charge on any atom is 0.279 e. The summed E-state index contributed by atoms with van der Waals surface area (Å²) in [6, 6.07) is 20.7. The zero-order valence-corrected chi connectivity index (χ0v) is 20.2. The SMILES string of the molecule is Cc1ccc(N(C)S(=O)(=O)c2cccc(C(=O)NNC(=O)C(C)Oc3ccc(C#N)cc3)c2)cc1. The lowest BCUT2D eigenvalue weighted by molar-refractivity contribution is -0.128. The largest absolute Gasteiger partial charge is 0.481 e. The number of carbonyl (C=O) groups excluding carboxylic acids is 2. The minimum Gasteiger partial charge on any atom is -0.481 e. The molecular weight excluding hydrogens is 468 g/mol. The monoisotopic (exact) mass is 492 g/mol. The minimum absolute atomic E-state index is 0.0457. The molecule has 0 aliphatic rings. The van der Waals surface area contributed by atoms with Crippen LogP contribution in [0, 0.1) is 18.3 Å². The van der Waals surface area contributed by atoms with Gasteiger partial charge in [-0.15, -0.1) is 0 Å². The van der Waals surface area contributed by atoms with Crippen LogP contribution in [-0.2, 0) is 14.8 Å². The molecule has 180 valence electrons. The Balaban J connectivity index is 1.64. The van der Waals surface area contributed by atoms with E-state index in [1.165, 1.54) is 38.2 Å². The summed E-state index contributed by atoms with van der Waals surface area (Å²) in [5.74, 6) is -0.932. The molecule has 35 heavy (non-hydrogen) atoms. The number of hydrazine groups is 1. The fourth-order valence-electron chi connectivity index (χ4n) is 3.01. The van der Waals surface area contributed by atoms with E-state index in [2.05, 4.69) is 10.9 Å². The molecule has 3 aromatic carbocycles. The Hall–Kier alpha value is -4.36. The molecular formula is C25H24N4O5S. The number of sulfonamides is 1. The molecule has 0 aliphatic carbocycles. The number of rotatable bonds is 7. The molecule has 0 heterocycles. The van der Waals surface area contributed by atoms with Gasteiger partial charge in [-0.1, -0.05) is 23.8 Å². The molecule has 0 aliphatic heterocycles. The fourth-order valence-corrected chi connectivity index (χ4v) is 4.25. The average molecular weight is 493 g/mol. The molecule has 2 N–H and O–H groups in total. The van der Waals surface area contributed by atoms with Crippen LogP contribution in [0.25, 0.3) is 0 Å². The van der Waals surface area contributed by atoms with Crippen LogP contribution in [0.4, 0.5) is 5.69 Å². The number of anilines is 1. The van der Waals surface area contributed by atoms with Crippen LogP contribution in [0.2, 0.25) is 0 Å². The second-order valence-corrected chi connectivity index (χ2v) is 9.64. The Morgan fingerprint density at radius 1 is 1.00 bits per heavy atom. The highest BCUT2D eigenvalue weighted by Crippen LogP contribution is 2.23. The maximum absolute atomic E-state index is 13.1. The lowest BCUT2D eigenvalue weighted by atomic mass is 10.2. The number of aryl methyl sites for hydroxylation is 1. The number of hydrogen-bond donors (Lipinski definition) is 2. The van der Waals surface area contributed by atoms with E-state index in [0.29, 0.717) is 17.0 Å². The van der Waals surface area contributed by atoms with Crippen LogP contribution in [0.15, 0.2) is 77.7 Å². The van der Waals surface area contributed by atoms with Crippen molar-refractivity contribution in [2.75, 3.05) is 11.4 Å². The average Bonchev–Trinajstić information content (AvgIpc) is 2.87. The second-order valence-electron chi connectivity index (χ2n) is 7.68. The lowest BCUT2D eigenvalue weighted by Crippen LogP contribution is -2.47. The molecule has 0 aromatic heterocycles. The smallest absolute Gasteiger partial charge is 0.279 e. The van der Waals surface area contributed by atoms with Crippen molar-refractivity contribution in [2.45, 2.75) is 24.8 Å². The molecule has 9 nitrogen and oxygen atoms in total.